The number of alkyl carbamates (subject to hydrolysis) is 1. The number of nitrogens with zero attached hydrogens (tertiary/aromatic N) is 1. The molecule has 0 bridgehead atoms. The zero-order chi connectivity index (χ0) is 28.8. The molecule has 7 heteroatoms. The molecule has 3 amide bonds. The third-order valence-electron chi connectivity index (χ3n) is 6.09. The van der Waals surface area contributed by atoms with E-state index in [1.54, 1.807) is 49.9 Å². The molecule has 2 atom stereocenters. The molecule has 0 saturated carbocycles. The average molecular weight is 534 g/mol. The standard InChI is InChI=1S/C32H43N3O4/c1-7-10-21-33-29(36)28(26-19-17-24(9-3)18-20-26)35(22-11-8-2)30(37)27(23-25-15-13-12-14-16-25)34-31(38)39-32(4,5)6/h3,12-20,27-28H,7-8,10-11,21-23H2,1-2,4-6H3,(H,33,36)(H,34,38). The van der Waals surface area contributed by atoms with Crippen molar-refractivity contribution >= 4 is 17.9 Å². The van der Waals surface area contributed by atoms with Gasteiger partial charge in [-0.25, -0.2) is 4.79 Å². The van der Waals surface area contributed by atoms with Crippen molar-refractivity contribution in [3.63, 3.8) is 0 Å². The van der Waals surface area contributed by atoms with Crippen LogP contribution in [-0.4, -0.2) is 47.5 Å². The quantitative estimate of drug-likeness (QED) is 0.267. The van der Waals surface area contributed by atoms with Gasteiger partial charge in [-0.15, -0.1) is 6.42 Å². The van der Waals surface area contributed by atoms with E-state index in [-0.39, 0.29) is 18.2 Å². The highest BCUT2D eigenvalue weighted by Crippen LogP contribution is 2.25. The van der Waals surface area contributed by atoms with Gasteiger partial charge in [0.05, 0.1) is 0 Å². The summed E-state index contributed by atoms with van der Waals surface area (Å²) >= 11 is 0. The smallest absolute Gasteiger partial charge is 0.408 e. The number of nitrogens with one attached hydrogen (secondary N) is 2. The Morgan fingerprint density at radius 3 is 2.18 bits per heavy atom. The molecule has 0 fully saturated rings. The van der Waals surface area contributed by atoms with E-state index in [2.05, 4.69) is 23.5 Å². The third-order valence-corrected chi connectivity index (χ3v) is 6.09. The van der Waals surface area contributed by atoms with Crippen molar-refractivity contribution in [1.82, 2.24) is 15.5 Å². The van der Waals surface area contributed by atoms with Crippen molar-refractivity contribution < 1.29 is 19.1 Å². The van der Waals surface area contributed by atoms with Gasteiger partial charge in [-0.05, 0) is 56.9 Å². The summed E-state index contributed by atoms with van der Waals surface area (Å²) in [5.41, 5.74) is 1.49. The third kappa shape index (κ3) is 10.5. The molecule has 0 aromatic heterocycles. The average Bonchev–Trinajstić information content (AvgIpc) is 2.90. The highest BCUT2D eigenvalue weighted by atomic mass is 16.6. The summed E-state index contributed by atoms with van der Waals surface area (Å²) in [5, 5.41) is 5.78. The zero-order valence-electron chi connectivity index (χ0n) is 24.0. The van der Waals surface area contributed by atoms with Crippen molar-refractivity contribution in [2.45, 2.75) is 84.4 Å². The summed E-state index contributed by atoms with van der Waals surface area (Å²) in [5.74, 6) is 1.98. The SMILES string of the molecule is C#Cc1ccc(C(C(=O)NCCCC)N(CCCC)C(=O)C(Cc2ccccc2)NC(=O)OC(C)(C)C)cc1. The second-order valence-corrected chi connectivity index (χ2v) is 10.6. The van der Waals surface area contributed by atoms with Crippen LogP contribution in [0, 0.1) is 12.3 Å². The minimum Gasteiger partial charge on any atom is -0.444 e. The van der Waals surface area contributed by atoms with Crippen LogP contribution in [0.25, 0.3) is 0 Å². The van der Waals surface area contributed by atoms with E-state index < -0.39 is 23.8 Å². The van der Waals surface area contributed by atoms with E-state index in [1.807, 2.05) is 37.3 Å². The van der Waals surface area contributed by atoms with E-state index in [1.165, 1.54) is 0 Å². The molecule has 7 nitrogen and oxygen atoms in total. The predicted octanol–water partition coefficient (Wildman–Crippen LogP) is 5.39. The number of terminal acetylenes is 1. The molecule has 2 N–H and O–H groups in total. The lowest BCUT2D eigenvalue weighted by atomic mass is 9.99. The molecule has 0 aliphatic carbocycles. The Hall–Kier alpha value is -3.79. The van der Waals surface area contributed by atoms with Crippen molar-refractivity contribution in [3.8, 4) is 12.3 Å². The lowest BCUT2D eigenvalue weighted by molar-refractivity contribution is -0.142. The Kier molecular flexibility index (Phi) is 12.6. The Labute approximate surface area is 233 Å². The molecule has 0 heterocycles. The van der Waals surface area contributed by atoms with E-state index in [0.717, 1.165) is 24.8 Å². The van der Waals surface area contributed by atoms with Gasteiger partial charge in [0.15, 0.2) is 0 Å². The maximum Gasteiger partial charge on any atom is 0.408 e. The van der Waals surface area contributed by atoms with Gasteiger partial charge in [0.25, 0.3) is 0 Å². The van der Waals surface area contributed by atoms with Crippen LogP contribution in [0.1, 0.15) is 83.0 Å². The first-order valence-electron chi connectivity index (χ1n) is 13.8. The zero-order valence-corrected chi connectivity index (χ0v) is 24.0. The van der Waals surface area contributed by atoms with Crippen LogP contribution < -0.4 is 10.6 Å². The van der Waals surface area contributed by atoms with Crippen molar-refractivity contribution in [1.29, 1.82) is 0 Å². The number of amides is 3. The molecular formula is C32H43N3O4. The van der Waals surface area contributed by atoms with Gasteiger partial charge in [0, 0.05) is 25.1 Å². The second kappa shape index (κ2) is 15.6. The molecule has 39 heavy (non-hydrogen) atoms. The largest absolute Gasteiger partial charge is 0.444 e. The van der Waals surface area contributed by atoms with Gasteiger partial charge in [-0.2, -0.15) is 0 Å². The van der Waals surface area contributed by atoms with Crippen LogP contribution >= 0.6 is 0 Å². The molecule has 210 valence electrons. The summed E-state index contributed by atoms with van der Waals surface area (Å²) in [7, 11) is 0. The molecule has 0 spiro atoms. The maximum absolute atomic E-state index is 14.3. The summed E-state index contributed by atoms with van der Waals surface area (Å²) in [6.07, 6.45) is 8.39. The number of hydrogen-bond donors (Lipinski definition) is 2. The summed E-state index contributed by atoms with van der Waals surface area (Å²) in [4.78, 5) is 42.3. The normalized spacial score (nSPS) is 12.5. The molecule has 2 aromatic carbocycles. The van der Waals surface area contributed by atoms with Gasteiger partial charge >= 0.3 is 6.09 Å². The van der Waals surface area contributed by atoms with Crippen LogP contribution in [0.4, 0.5) is 4.79 Å². The molecule has 2 rings (SSSR count). The topological polar surface area (TPSA) is 87.7 Å². The van der Waals surface area contributed by atoms with Gasteiger partial charge in [0.1, 0.15) is 17.7 Å². The number of rotatable bonds is 13. The summed E-state index contributed by atoms with van der Waals surface area (Å²) in [6.45, 7) is 10.2. The predicted molar refractivity (Wildman–Crippen MR) is 155 cm³/mol. The van der Waals surface area contributed by atoms with Gasteiger partial charge < -0.3 is 20.3 Å². The van der Waals surface area contributed by atoms with Crippen LogP contribution in [0.5, 0.6) is 0 Å². The summed E-state index contributed by atoms with van der Waals surface area (Å²) in [6, 6.07) is 14.8. The molecular weight excluding hydrogens is 490 g/mol. The second-order valence-electron chi connectivity index (χ2n) is 10.6. The number of carbonyl (C=O) groups excluding carboxylic acids is 3. The molecule has 0 aliphatic heterocycles. The van der Waals surface area contributed by atoms with Crippen molar-refractivity contribution in [3.05, 3.63) is 71.3 Å². The van der Waals surface area contributed by atoms with E-state index in [0.29, 0.717) is 30.6 Å². The van der Waals surface area contributed by atoms with Gasteiger partial charge in [0.2, 0.25) is 11.8 Å². The van der Waals surface area contributed by atoms with E-state index >= 15 is 0 Å². The van der Waals surface area contributed by atoms with Gasteiger partial charge in [-0.3, -0.25) is 9.59 Å². The van der Waals surface area contributed by atoms with Crippen LogP contribution in [0.2, 0.25) is 0 Å². The van der Waals surface area contributed by atoms with E-state index in [9.17, 15) is 14.4 Å². The first kappa shape index (κ1) is 31.4. The number of ether oxygens (including phenoxy) is 1. The first-order chi connectivity index (χ1) is 18.6. The fourth-order valence-electron chi connectivity index (χ4n) is 4.11. The molecule has 2 aromatic rings. The Balaban J connectivity index is 2.51. The summed E-state index contributed by atoms with van der Waals surface area (Å²) < 4.78 is 5.48. The fourth-order valence-corrected chi connectivity index (χ4v) is 4.11. The lowest BCUT2D eigenvalue weighted by Crippen LogP contribution is -2.54. The Morgan fingerprint density at radius 1 is 0.974 bits per heavy atom. The highest BCUT2D eigenvalue weighted by molar-refractivity contribution is 5.92. The molecule has 0 saturated heterocycles. The van der Waals surface area contributed by atoms with Crippen molar-refractivity contribution in [2.75, 3.05) is 13.1 Å². The van der Waals surface area contributed by atoms with Crippen molar-refractivity contribution in [2.24, 2.45) is 0 Å². The molecule has 0 aliphatic rings. The molecule has 2 unspecified atom stereocenters. The fraction of sp³-hybridized carbons (Fsp3) is 0.469. The Morgan fingerprint density at radius 2 is 1.62 bits per heavy atom. The number of carbonyl (C=O) groups is 3. The van der Waals surface area contributed by atoms with Gasteiger partial charge in [-0.1, -0.05) is 75.1 Å². The maximum atomic E-state index is 14.3. The van der Waals surface area contributed by atoms with Crippen LogP contribution in [-0.2, 0) is 20.7 Å². The minimum atomic E-state index is -0.935. The number of unbranched alkanes of at least 4 members (excludes halogenated alkanes) is 2. The number of hydrogen-bond acceptors (Lipinski definition) is 4. The number of benzene rings is 2. The lowest BCUT2D eigenvalue weighted by Gasteiger charge is -2.34. The van der Waals surface area contributed by atoms with E-state index in [4.69, 9.17) is 11.2 Å². The highest BCUT2D eigenvalue weighted by Gasteiger charge is 2.36. The minimum absolute atomic E-state index is 0.252. The monoisotopic (exact) mass is 533 g/mol. The molecule has 0 radical (unpaired) electrons. The first-order valence-corrected chi connectivity index (χ1v) is 13.8. The Bertz CT molecular complexity index is 1100. The van der Waals surface area contributed by atoms with Crippen LogP contribution in [0.15, 0.2) is 54.6 Å². The van der Waals surface area contributed by atoms with Crippen LogP contribution in [0.3, 0.4) is 0 Å².